The third kappa shape index (κ3) is 2.12. The van der Waals surface area contributed by atoms with Gasteiger partial charge < -0.3 is 0 Å². The highest BCUT2D eigenvalue weighted by molar-refractivity contribution is 7.89. The monoisotopic (exact) mass is 270 g/mol. The van der Waals surface area contributed by atoms with Crippen molar-refractivity contribution in [3.05, 3.63) is 29.8 Å². The second-order valence-corrected chi connectivity index (χ2v) is 6.18. The molecule has 2 rings (SSSR count). The van der Waals surface area contributed by atoms with E-state index < -0.39 is 15.9 Å². The number of benzene rings is 1. The van der Waals surface area contributed by atoms with Gasteiger partial charge in [-0.3, -0.25) is 10.0 Å². The van der Waals surface area contributed by atoms with Gasteiger partial charge >= 0.3 is 0 Å². The van der Waals surface area contributed by atoms with E-state index in [0.717, 1.165) is 9.87 Å². The lowest BCUT2D eigenvalue weighted by atomic mass is 10.0. The molecular weight excluding hydrogens is 256 g/mol. The van der Waals surface area contributed by atoms with Gasteiger partial charge in [0.1, 0.15) is 0 Å². The van der Waals surface area contributed by atoms with Crippen molar-refractivity contribution in [2.24, 2.45) is 0 Å². The average molecular weight is 270 g/mol. The fraction of sp³-hybridized carbons (Fsp3) is 0.364. The summed E-state index contributed by atoms with van der Waals surface area (Å²) in [7, 11) is -3.66. The minimum Gasteiger partial charge on any atom is -0.289 e. The van der Waals surface area contributed by atoms with Crippen LogP contribution in [0.4, 0.5) is 0 Å². The maximum Gasteiger partial charge on any atom is 0.258 e. The van der Waals surface area contributed by atoms with E-state index >= 15 is 0 Å². The van der Waals surface area contributed by atoms with Crippen LogP contribution < -0.4 is 5.48 Å². The van der Waals surface area contributed by atoms with Crippen LogP contribution in [-0.2, 0) is 14.8 Å². The normalized spacial score (nSPS) is 22.2. The zero-order valence-corrected chi connectivity index (χ0v) is 10.6. The van der Waals surface area contributed by atoms with Crippen molar-refractivity contribution in [3.63, 3.8) is 0 Å². The van der Waals surface area contributed by atoms with Crippen LogP contribution in [0.3, 0.4) is 0 Å². The van der Waals surface area contributed by atoms with Crippen molar-refractivity contribution in [1.82, 2.24) is 9.79 Å². The summed E-state index contributed by atoms with van der Waals surface area (Å²) in [5, 5.41) is 8.48. The molecular formula is C11H14N2O4S. The first-order valence-corrected chi connectivity index (χ1v) is 6.93. The Labute approximate surface area is 105 Å². The van der Waals surface area contributed by atoms with Crippen LogP contribution in [0.5, 0.6) is 0 Å². The number of hydroxylamine groups is 1. The molecule has 1 atom stereocenters. The molecule has 18 heavy (non-hydrogen) atoms. The molecule has 1 aromatic rings. The Bertz CT molecular complexity index is 570. The molecule has 0 spiro atoms. The largest absolute Gasteiger partial charge is 0.289 e. The van der Waals surface area contributed by atoms with Crippen molar-refractivity contribution < 1.29 is 18.4 Å². The van der Waals surface area contributed by atoms with E-state index in [0.29, 0.717) is 0 Å². The van der Waals surface area contributed by atoms with Crippen molar-refractivity contribution >= 4 is 15.9 Å². The zero-order chi connectivity index (χ0) is 13.3. The first-order valence-electron chi connectivity index (χ1n) is 5.49. The Morgan fingerprint density at radius 2 is 2.17 bits per heavy atom. The maximum absolute atomic E-state index is 12.3. The molecule has 7 heteroatoms. The molecule has 0 aliphatic carbocycles. The minimum absolute atomic E-state index is 0.0104. The number of fused-ring (bicyclic) bond motifs is 1. The molecule has 1 aromatic carbocycles. The van der Waals surface area contributed by atoms with Gasteiger partial charge in [0.05, 0.1) is 11.4 Å². The lowest BCUT2D eigenvalue weighted by molar-refractivity contribution is -0.129. The summed E-state index contributed by atoms with van der Waals surface area (Å²) >= 11 is 0. The van der Waals surface area contributed by atoms with Crippen LogP contribution in [0, 0.1) is 0 Å². The van der Waals surface area contributed by atoms with Gasteiger partial charge in [-0.15, -0.1) is 0 Å². The summed E-state index contributed by atoms with van der Waals surface area (Å²) < 4.78 is 25.6. The standard InChI is InChI=1S/C11H14N2O4S/c1-8-6-13(7-11(14)12-15)18(16,17)10-5-3-2-4-9(8)10/h2-5,8,15H,6-7H2,1H3,(H,12,14). The first-order chi connectivity index (χ1) is 8.46. The molecule has 6 nitrogen and oxygen atoms in total. The molecule has 1 aliphatic rings. The predicted molar refractivity (Wildman–Crippen MR) is 63.5 cm³/mol. The van der Waals surface area contributed by atoms with Gasteiger partial charge in [-0.2, -0.15) is 4.31 Å². The smallest absolute Gasteiger partial charge is 0.258 e. The van der Waals surface area contributed by atoms with Crippen LogP contribution in [-0.4, -0.2) is 36.9 Å². The number of sulfonamides is 1. The molecule has 2 N–H and O–H groups in total. The van der Waals surface area contributed by atoms with Crippen LogP contribution in [0.1, 0.15) is 18.4 Å². The first kappa shape index (κ1) is 13.0. The van der Waals surface area contributed by atoms with Crippen LogP contribution in [0.15, 0.2) is 29.2 Å². The van der Waals surface area contributed by atoms with Crippen LogP contribution in [0.25, 0.3) is 0 Å². The van der Waals surface area contributed by atoms with E-state index in [1.54, 1.807) is 18.2 Å². The van der Waals surface area contributed by atoms with E-state index in [2.05, 4.69) is 0 Å². The van der Waals surface area contributed by atoms with Gasteiger partial charge in [0.15, 0.2) is 0 Å². The lowest BCUT2D eigenvalue weighted by Crippen LogP contribution is -2.44. The second kappa shape index (κ2) is 4.68. The van der Waals surface area contributed by atoms with Crippen molar-refractivity contribution in [3.8, 4) is 0 Å². The molecule has 98 valence electrons. The Kier molecular flexibility index (Phi) is 3.38. The van der Waals surface area contributed by atoms with Gasteiger partial charge in [0.2, 0.25) is 10.0 Å². The Morgan fingerprint density at radius 3 is 2.83 bits per heavy atom. The number of hydrogen-bond donors (Lipinski definition) is 2. The minimum atomic E-state index is -3.66. The summed E-state index contributed by atoms with van der Waals surface area (Å²) in [6.07, 6.45) is 0. The fourth-order valence-electron chi connectivity index (χ4n) is 2.11. The third-order valence-electron chi connectivity index (χ3n) is 2.99. The number of nitrogens with zero attached hydrogens (tertiary/aromatic N) is 1. The highest BCUT2D eigenvalue weighted by Crippen LogP contribution is 2.32. The Balaban J connectivity index is 2.43. The van der Waals surface area contributed by atoms with E-state index in [-0.39, 0.29) is 23.9 Å². The molecule has 0 radical (unpaired) electrons. The molecule has 1 aliphatic heterocycles. The number of hydrogen-bond acceptors (Lipinski definition) is 4. The topological polar surface area (TPSA) is 86.7 Å². The molecule has 0 aromatic heterocycles. The number of amides is 1. The molecule has 0 saturated heterocycles. The van der Waals surface area contributed by atoms with Gasteiger partial charge in [0.25, 0.3) is 5.91 Å². The van der Waals surface area contributed by atoms with Crippen molar-refractivity contribution in [2.75, 3.05) is 13.1 Å². The van der Waals surface area contributed by atoms with Crippen LogP contribution >= 0.6 is 0 Å². The summed E-state index contributed by atoms with van der Waals surface area (Å²) in [6.45, 7) is 1.75. The predicted octanol–water partition coefficient (Wildman–Crippen LogP) is 0.300. The number of nitrogens with one attached hydrogen (secondary N) is 1. The van der Waals surface area contributed by atoms with Crippen LogP contribution in [0.2, 0.25) is 0 Å². The SMILES string of the molecule is CC1CN(CC(=O)NO)S(=O)(=O)c2ccccc21. The molecule has 1 amide bonds. The van der Waals surface area contributed by atoms with Gasteiger partial charge in [-0.25, -0.2) is 13.9 Å². The second-order valence-electron chi connectivity index (χ2n) is 4.27. The molecule has 0 bridgehead atoms. The molecule has 1 unspecified atom stereocenters. The zero-order valence-electron chi connectivity index (χ0n) is 9.83. The van der Waals surface area contributed by atoms with E-state index in [4.69, 9.17) is 5.21 Å². The quantitative estimate of drug-likeness (QED) is 0.598. The highest BCUT2D eigenvalue weighted by atomic mass is 32.2. The third-order valence-corrected chi connectivity index (χ3v) is 4.88. The van der Waals surface area contributed by atoms with E-state index in [9.17, 15) is 13.2 Å². The summed E-state index contributed by atoms with van der Waals surface area (Å²) in [5.74, 6) is -0.735. The number of carbonyl (C=O) groups is 1. The van der Waals surface area contributed by atoms with E-state index in [1.165, 1.54) is 11.5 Å². The number of carbonyl (C=O) groups excluding carboxylic acids is 1. The summed E-state index contributed by atoms with van der Waals surface area (Å²) in [5.41, 5.74) is 2.21. The maximum atomic E-state index is 12.3. The molecule has 1 heterocycles. The van der Waals surface area contributed by atoms with Crippen molar-refractivity contribution in [2.45, 2.75) is 17.7 Å². The van der Waals surface area contributed by atoms with Gasteiger partial charge in [-0.1, -0.05) is 25.1 Å². The Hall–Kier alpha value is -1.44. The lowest BCUT2D eigenvalue weighted by Gasteiger charge is -2.31. The number of rotatable bonds is 2. The van der Waals surface area contributed by atoms with Crippen molar-refractivity contribution in [1.29, 1.82) is 0 Å². The van der Waals surface area contributed by atoms with Gasteiger partial charge in [0, 0.05) is 6.54 Å². The molecule has 0 saturated carbocycles. The highest BCUT2D eigenvalue weighted by Gasteiger charge is 2.35. The fourth-order valence-corrected chi connectivity index (χ4v) is 3.91. The van der Waals surface area contributed by atoms with Gasteiger partial charge in [-0.05, 0) is 17.5 Å². The summed E-state index contributed by atoms with van der Waals surface area (Å²) in [4.78, 5) is 11.4. The Morgan fingerprint density at radius 1 is 1.50 bits per heavy atom. The average Bonchev–Trinajstić information content (AvgIpc) is 2.36. The summed E-state index contributed by atoms with van der Waals surface area (Å²) in [6, 6.07) is 6.75. The molecule has 0 fully saturated rings. The van der Waals surface area contributed by atoms with E-state index in [1.807, 2.05) is 6.92 Å².